The first-order valence-corrected chi connectivity index (χ1v) is 17.7. The number of benzene rings is 2. The molecule has 4 nitrogen and oxygen atoms in total. The van der Waals surface area contributed by atoms with E-state index in [1.54, 1.807) is 0 Å². The second-order valence-corrected chi connectivity index (χ2v) is 12.8. The molecule has 1 heterocycles. The number of carbonyl (C=O) groups is 1. The lowest BCUT2D eigenvalue weighted by Crippen LogP contribution is -2.29. The molecule has 0 saturated carbocycles. The zero-order valence-corrected chi connectivity index (χ0v) is 28.4. The molecule has 2 unspecified atom stereocenters. The van der Waals surface area contributed by atoms with E-state index in [9.17, 15) is 23.1 Å². The van der Waals surface area contributed by atoms with Crippen LogP contribution in [0.3, 0.4) is 0 Å². The quantitative estimate of drug-likeness (QED) is 0.103. The number of carboxylic acid groups (broad SMARTS) is 1. The highest BCUT2D eigenvalue weighted by molar-refractivity contribution is 5.82. The minimum Gasteiger partial charge on any atom is -0.481 e. The van der Waals surface area contributed by atoms with Crippen molar-refractivity contribution in [2.45, 2.75) is 135 Å². The summed E-state index contributed by atoms with van der Waals surface area (Å²) < 4.78 is 44.3. The van der Waals surface area contributed by atoms with Crippen LogP contribution in [0.5, 0.6) is 0 Å². The SMILES string of the molecule is CCCCCCCCCCCCCc1ccc(-c2cc(C(CCCC(=O)O)CCOC(C)C(F)(F)F)ccc2-c2ccccc2)nc1. The Labute approximate surface area is 280 Å². The van der Waals surface area contributed by atoms with Gasteiger partial charge < -0.3 is 9.84 Å². The third-order valence-electron chi connectivity index (χ3n) is 9.01. The number of unbranched alkanes of at least 4 members (excludes halogenated alkanes) is 10. The Bertz CT molecular complexity index is 1290. The van der Waals surface area contributed by atoms with E-state index in [2.05, 4.69) is 37.3 Å². The lowest BCUT2D eigenvalue weighted by atomic mass is 9.86. The molecule has 47 heavy (non-hydrogen) atoms. The first-order valence-electron chi connectivity index (χ1n) is 17.7. The second-order valence-electron chi connectivity index (χ2n) is 12.8. The van der Waals surface area contributed by atoms with Crippen molar-refractivity contribution in [1.82, 2.24) is 4.98 Å². The number of aliphatic carboxylic acids is 1. The summed E-state index contributed by atoms with van der Waals surface area (Å²) in [4.78, 5) is 16.1. The largest absolute Gasteiger partial charge is 0.481 e. The maximum Gasteiger partial charge on any atom is 0.414 e. The first-order chi connectivity index (χ1) is 22.7. The number of aromatic nitrogens is 1. The van der Waals surface area contributed by atoms with E-state index in [1.807, 2.05) is 36.5 Å². The zero-order valence-electron chi connectivity index (χ0n) is 28.4. The van der Waals surface area contributed by atoms with Gasteiger partial charge in [0.15, 0.2) is 6.10 Å². The van der Waals surface area contributed by atoms with Crippen molar-refractivity contribution >= 4 is 5.97 Å². The normalized spacial score (nSPS) is 13.0. The minimum absolute atomic E-state index is 0.00735. The van der Waals surface area contributed by atoms with E-state index in [4.69, 9.17) is 9.72 Å². The van der Waals surface area contributed by atoms with Crippen molar-refractivity contribution in [1.29, 1.82) is 0 Å². The molecule has 0 bridgehead atoms. The molecule has 0 aliphatic heterocycles. The smallest absolute Gasteiger partial charge is 0.414 e. The van der Waals surface area contributed by atoms with Gasteiger partial charge in [0.2, 0.25) is 0 Å². The van der Waals surface area contributed by atoms with Gasteiger partial charge >= 0.3 is 12.1 Å². The minimum atomic E-state index is -4.42. The average Bonchev–Trinajstić information content (AvgIpc) is 3.06. The Hall–Kier alpha value is -3.19. The number of alkyl halides is 3. The van der Waals surface area contributed by atoms with Crippen LogP contribution in [0.4, 0.5) is 13.2 Å². The van der Waals surface area contributed by atoms with E-state index in [0.717, 1.165) is 47.7 Å². The fourth-order valence-corrected chi connectivity index (χ4v) is 6.08. The molecule has 258 valence electrons. The van der Waals surface area contributed by atoms with Crippen LogP contribution < -0.4 is 0 Å². The number of hydrogen-bond donors (Lipinski definition) is 1. The number of rotatable bonds is 23. The predicted molar refractivity (Wildman–Crippen MR) is 186 cm³/mol. The molecule has 2 atom stereocenters. The number of aryl methyl sites for hydroxylation is 1. The summed E-state index contributed by atoms with van der Waals surface area (Å²) in [5, 5.41) is 9.20. The molecule has 0 aliphatic carbocycles. The van der Waals surface area contributed by atoms with Gasteiger partial charge in [0.25, 0.3) is 0 Å². The van der Waals surface area contributed by atoms with Crippen LogP contribution in [0.1, 0.15) is 127 Å². The third-order valence-corrected chi connectivity index (χ3v) is 9.01. The highest BCUT2D eigenvalue weighted by Gasteiger charge is 2.36. The number of pyridine rings is 1. The van der Waals surface area contributed by atoms with E-state index >= 15 is 0 Å². The second kappa shape index (κ2) is 20.9. The Balaban J connectivity index is 1.69. The molecule has 0 radical (unpaired) electrons. The number of ether oxygens (including phenoxy) is 1. The monoisotopic (exact) mass is 653 g/mol. The Morgan fingerprint density at radius 3 is 2.06 bits per heavy atom. The van der Waals surface area contributed by atoms with Crippen LogP contribution in [0, 0.1) is 0 Å². The van der Waals surface area contributed by atoms with Crippen LogP contribution in [0.2, 0.25) is 0 Å². The molecule has 0 saturated heterocycles. The molecule has 1 aromatic heterocycles. The van der Waals surface area contributed by atoms with E-state index in [0.29, 0.717) is 19.3 Å². The van der Waals surface area contributed by atoms with Gasteiger partial charge in [0, 0.05) is 24.8 Å². The standard InChI is InChI=1S/C40H54F3NO3/c1-3-4-5-6-7-8-9-10-11-12-14-18-32-23-26-38(44-30-32)37-29-35(24-25-36(37)34-19-15-13-16-20-34)33(21-17-22-39(45)46)27-28-47-31(2)40(41,42)43/h13,15-16,19-20,23-26,29-31,33H,3-12,14,17-18,21-22,27-28H2,1-2H3,(H,45,46). The summed E-state index contributed by atoms with van der Waals surface area (Å²) in [5.41, 5.74) is 6.00. The molecule has 0 fully saturated rings. The summed E-state index contributed by atoms with van der Waals surface area (Å²) in [5.74, 6) is -1.04. The van der Waals surface area contributed by atoms with Gasteiger partial charge in [-0.05, 0) is 79.3 Å². The number of nitrogens with zero attached hydrogens (tertiary/aromatic N) is 1. The van der Waals surface area contributed by atoms with Crippen LogP contribution in [-0.4, -0.2) is 34.9 Å². The molecule has 2 aromatic carbocycles. The molecule has 0 spiro atoms. The highest BCUT2D eigenvalue weighted by Crippen LogP contribution is 2.36. The van der Waals surface area contributed by atoms with Gasteiger partial charge in [-0.2, -0.15) is 13.2 Å². The summed E-state index contributed by atoms with van der Waals surface area (Å²) >= 11 is 0. The van der Waals surface area contributed by atoms with Crippen molar-refractivity contribution in [3.8, 4) is 22.4 Å². The third kappa shape index (κ3) is 14.2. The van der Waals surface area contributed by atoms with E-state index in [-0.39, 0.29) is 18.9 Å². The lowest BCUT2D eigenvalue weighted by molar-refractivity contribution is -0.214. The van der Waals surface area contributed by atoms with Crippen molar-refractivity contribution < 1.29 is 27.8 Å². The summed E-state index contributed by atoms with van der Waals surface area (Å²) in [6.45, 7) is 3.20. The highest BCUT2D eigenvalue weighted by atomic mass is 19.4. The molecule has 7 heteroatoms. The fraction of sp³-hybridized carbons (Fsp3) is 0.550. The summed E-state index contributed by atoms with van der Waals surface area (Å²) in [6.07, 6.45) is 12.5. The predicted octanol–water partition coefficient (Wildman–Crippen LogP) is 12.0. The maximum absolute atomic E-state index is 13.0. The van der Waals surface area contributed by atoms with E-state index < -0.39 is 18.2 Å². The zero-order chi connectivity index (χ0) is 33.9. The molecule has 0 aliphatic rings. The van der Waals surface area contributed by atoms with Crippen LogP contribution in [0.25, 0.3) is 22.4 Å². The van der Waals surface area contributed by atoms with Crippen LogP contribution in [0.15, 0.2) is 66.9 Å². The molecule has 3 rings (SSSR count). The van der Waals surface area contributed by atoms with Gasteiger partial charge in [0.05, 0.1) is 5.69 Å². The molecular formula is C40H54F3NO3. The molecule has 3 aromatic rings. The van der Waals surface area contributed by atoms with E-state index in [1.165, 1.54) is 69.8 Å². The molecule has 0 amide bonds. The van der Waals surface area contributed by atoms with Gasteiger partial charge in [-0.25, -0.2) is 0 Å². The Kier molecular flexibility index (Phi) is 17.0. The van der Waals surface area contributed by atoms with Crippen molar-refractivity contribution in [3.05, 3.63) is 78.0 Å². The molecular weight excluding hydrogens is 599 g/mol. The summed E-state index contributed by atoms with van der Waals surface area (Å²) in [6, 6.07) is 20.4. The van der Waals surface area contributed by atoms with Crippen molar-refractivity contribution in [3.63, 3.8) is 0 Å². The van der Waals surface area contributed by atoms with Gasteiger partial charge in [0.1, 0.15) is 0 Å². The Morgan fingerprint density at radius 2 is 1.47 bits per heavy atom. The lowest BCUT2D eigenvalue weighted by Gasteiger charge is -2.22. The van der Waals surface area contributed by atoms with Crippen LogP contribution in [-0.2, 0) is 16.0 Å². The first kappa shape index (κ1) is 38.3. The average molecular weight is 654 g/mol. The van der Waals surface area contributed by atoms with Gasteiger partial charge in [-0.15, -0.1) is 0 Å². The number of hydrogen-bond acceptors (Lipinski definition) is 3. The molecule has 1 N–H and O–H groups in total. The van der Waals surface area contributed by atoms with Crippen LogP contribution >= 0.6 is 0 Å². The number of halogens is 3. The topological polar surface area (TPSA) is 59.4 Å². The van der Waals surface area contributed by atoms with Crippen molar-refractivity contribution in [2.24, 2.45) is 0 Å². The number of carboxylic acids is 1. The maximum atomic E-state index is 13.0. The fourth-order valence-electron chi connectivity index (χ4n) is 6.08. The summed E-state index contributed by atoms with van der Waals surface area (Å²) in [7, 11) is 0. The van der Waals surface area contributed by atoms with Gasteiger partial charge in [-0.3, -0.25) is 9.78 Å². The van der Waals surface area contributed by atoms with Gasteiger partial charge in [-0.1, -0.05) is 120 Å². The Morgan fingerprint density at radius 1 is 0.809 bits per heavy atom. The van der Waals surface area contributed by atoms with Crippen molar-refractivity contribution in [2.75, 3.05) is 6.61 Å².